The summed E-state index contributed by atoms with van der Waals surface area (Å²) in [7, 11) is -3.63. The summed E-state index contributed by atoms with van der Waals surface area (Å²) in [5.74, 6) is 0. The third kappa shape index (κ3) is 4.09. The summed E-state index contributed by atoms with van der Waals surface area (Å²) >= 11 is 7.89. The van der Waals surface area contributed by atoms with Crippen LogP contribution in [-0.4, -0.2) is 8.42 Å². The highest BCUT2D eigenvalue weighted by atomic mass is 127. The Balaban J connectivity index is 2.29. The molecule has 0 aromatic heterocycles. The van der Waals surface area contributed by atoms with E-state index >= 15 is 0 Å². The van der Waals surface area contributed by atoms with Crippen LogP contribution in [0.1, 0.15) is 18.5 Å². The quantitative estimate of drug-likeness (QED) is 0.717. The van der Waals surface area contributed by atoms with Crippen LogP contribution in [0.3, 0.4) is 0 Å². The van der Waals surface area contributed by atoms with Crippen molar-refractivity contribution in [2.45, 2.75) is 17.9 Å². The van der Waals surface area contributed by atoms with Gasteiger partial charge in [-0.25, -0.2) is 8.42 Å². The van der Waals surface area contributed by atoms with Gasteiger partial charge >= 0.3 is 0 Å². The lowest BCUT2D eigenvalue weighted by Gasteiger charge is -2.11. The average molecular weight is 437 g/mol. The second kappa shape index (κ2) is 6.51. The van der Waals surface area contributed by atoms with E-state index in [9.17, 15) is 8.42 Å². The van der Waals surface area contributed by atoms with Gasteiger partial charge in [-0.05, 0) is 65.4 Å². The molecule has 4 nitrogen and oxygen atoms in total. The summed E-state index contributed by atoms with van der Waals surface area (Å²) in [5.41, 5.74) is 7.13. The van der Waals surface area contributed by atoms with Gasteiger partial charge in [-0.1, -0.05) is 23.7 Å². The Kier molecular flexibility index (Phi) is 5.13. The fourth-order valence-corrected chi connectivity index (χ4v) is 4.00. The summed E-state index contributed by atoms with van der Waals surface area (Å²) in [5, 5.41) is 0.559. The highest BCUT2D eigenvalue weighted by Crippen LogP contribution is 2.25. The molecule has 0 aliphatic heterocycles. The lowest BCUT2D eigenvalue weighted by molar-refractivity contribution is 0.601. The molecule has 0 heterocycles. The molecule has 0 amide bonds. The molecular weight excluding hydrogens is 423 g/mol. The topological polar surface area (TPSA) is 72.2 Å². The van der Waals surface area contributed by atoms with E-state index in [1.54, 1.807) is 42.5 Å². The zero-order valence-corrected chi connectivity index (χ0v) is 14.9. The Morgan fingerprint density at radius 3 is 2.33 bits per heavy atom. The van der Waals surface area contributed by atoms with Gasteiger partial charge in [0.2, 0.25) is 0 Å². The van der Waals surface area contributed by atoms with E-state index < -0.39 is 10.0 Å². The molecule has 7 heteroatoms. The molecule has 0 aliphatic carbocycles. The summed E-state index contributed by atoms with van der Waals surface area (Å²) < 4.78 is 28.0. The minimum atomic E-state index is -3.63. The predicted octanol–water partition coefficient (Wildman–Crippen LogP) is 3.77. The fraction of sp³-hybridized carbons (Fsp3) is 0.143. The van der Waals surface area contributed by atoms with Crippen LogP contribution in [0.4, 0.5) is 5.69 Å². The summed E-state index contributed by atoms with van der Waals surface area (Å²) in [6.45, 7) is 1.85. The maximum absolute atomic E-state index is 12.3. The number of sulfonamides is 1. The first-order valence-corrected chi connectivity index (χ1v) is 9.07. The Hall–Kier alpha value is -0.830. The van der Waals surface area contributed by atoms with Crippen molar-refractivity contribution in [3.63, 3.8) is 0 Å². The van der Waals surface area contributed by atoms with Gasteiger partial charge in [0.1, 0.15) is 0 Å². The van der Waals surface area contributed by atoms with Crippen LogP contribution in [0.5, 0.6) is 0 Å². The Morgan fingerprint density at radius 1 is 1.19 bits per heavy atom. The van der Waals surface area contributed by atoms with E-state index in [0.717, 1.165) is 9.13 Å². The van der Waals surface area contributed by atoms with Gasteiger partial charge in [0.15, 0.2) is 0 Å². The minimum absolute atomic E-state index is 0.132. The lowest BCUT2D eigenvalue weighted by atomic mass is 10.1. The van der Waals surface area contributed by atoms with Gasteiger partial charge in [0.25, 0.3) is 10.0 Å². The van der Waals surface area contributed by atoms with Crippen molar-refractivity contribution in [2.75, 3.05) is 4.72 Å². The molecule has 2 rings (SSSR count). The maximum Gasteiger partial charge on any atom is 0.261 e. The van der Waals surface area contributed by atoms with Gasteiger partial charge < -0.3 is 5.73 Å². The van der Waals surface area contributed by atoms with E-state index in [0.29, 0.717) is 10.7 Å². The van der Waals surface area contributed by atoms with Crippen molar-refractivity contribution in [1.82, 2.24) is 0 Å². The molecule has 2 aromatic rings. The molecule has 0 spiro atoms. The molecule has 21 heavy (non-hydrogen) atoms. The number of halogens is 2. The van der Waals surface area contributed by atoms with Gasteiger partial charge in [0, 0.05) is 14.6 Å². The molecule has 0 fully saturated rings. The molecule has 0 saturated carbocycles. The van der Waals surface area contributed by atoms with E-state index in [-0.39, 0.29) is 10.9 Å². The monoisotopic (exact) mass is 436 g/mol. The molecule has 1 unspecified atom stereocenters. The molecular formula is C14H14ClIN2O2S. The number of hydrogen-bond acceptors (Lipinski definition) is 3. The summed E-state index contributed by atoms with van der Waals surface area (Å²) in [6, 6.07) is 11.4. The van der Waals surface area contributed by atoms with Crippen LogP contribution in [0, 0.1) is 3.57 Å². The number of nitrogens with two attached hydrogens (primary N) is 1. The minimum Gasteiger partial charge on any atom is -0.324 e. The first-order valence-electron chi connectivity index (χ1n) is 6.13. The first-order chi connectivity index (χ1) is 9.79. The molecule has 3 N–H and O–H groups in total. The van der Waals surface area contributed by atoms with Gasteiger partial charge in [-0.3, -0.25) is 4.72 Å². The first kappa shape index (κ1) is 16.5. The number of rotatable bonds is 4. The third-order valence-electron chi connectivity index (χ3n) is 2.89. The summed E-state index contributed by atoms with van der Waals surface area (Å²) in [4.78, 5) is 0.192. The van der Waals surface area contributed by atoms with Gasteiger partial charge in [0.05, 0.1) is 10.6 Å². The molecule has 0 aliphatic rings. The third-order valence-corrected chi connectivity index (χ3v) is 5.40. The molecule has 2 aromatic carbocycles. The fourth-order valence-electron chi connectivity index (χ4n) is 1.73. The zero-order chi connectivity index (χ0) is 15.6. The average Bonchev–Trinajstić information content (AvgIpc) is 2.42. The van der Waals surface area contributed by atoms with E-state index in [2.05, 4.69) is 4.72 Å². The van der Waals surface area contributed by atoms with Crippen molar-refractivity contribution in [1.29, 1.82) is 0 Å². The van der Waals surface area contributed by atoms with Crippen LogP contribution in [0.15, 0.2) is 47.4 Å². The van der Waals surface area contributed by atoms with E-state index in [1.165, 1.54) is 0 Å². The zero-order valence-electron chi connectivity index (χ0n) is 11.2. The molecule has 112 valence electrons. The van der Waals surface area contributed by atoms with Crippen molar-refractivity contribution in [2.24, 2.45) is 5.73 Å². The van der Waals surface area contributed by atoms with Crippen LogP contribution in [0.2, 0.25) is 5.02 Å². The molecule has 0 radical (unpaired) electrons. The second-order valence-corrected chi connectivity index (χ2v) is 7.87. The molecule has 1 atom stereocenters. The standard InChI is InChI=1S/C14H14ClIN2O2S/c1-9(17)10-2-5-12(6-3-10)21(19,20)18-14-7-4-11(15)8-13(14)16/h2-9,18H,17H2,1H3. The lowest BCUT2D eigenvalue weighted by Crippen LogP contribution is -2.14. The largest absolute Gasteiger partial charge is 0.324 e. The number of anilines is 1. The van der Waals surface area contributed by atoms with Crippen molar-refractivity contribution in [3.05, 3.63) is 56.6 Å². The Morgan fingerprint density at radius 2 is 1.81 bits per heavy atom. The van der Waals surface area contributed by atoms with E-state index in [1.807, 2.05) is 29.5 Å². The van der Waals surface area contributed by atoms with Crippen molar-refractivity contribution in [3.8, 4) is 0 Å². The summed E-state index contributed by atoms with van der Waals surface area (Å²) in [6.07, 6.45) is 0. The Bertz CT molecular complexity index is 746. The number of benzene rings is 2. The predicted molar refractivity (Wildman–Crippen MR) is 94.0 cm³/mol. The molecule has 0 bridgehead atoms. The van der Waals surface area contributed by atoms with Crippen LogP contribution in [0.25, 0.3) is 0 Å². The van der Waals surface area contributed by atoms with Gasteiger partial charge in [-0.2, -0.15) is 0 Å². The number of nitrogens with one attached hydrogen (secondary N) is 1. The van der Waals surface area contributed by atoms with Crippen molar-refractivity contribution >= 4 is 49.9 Å². The normalized spacial score (nSPS) is 13.0. The van der Waals surface area contributed by atoms with Crippen LogP contribution in [-0.2, 0) is 10.0 Å². The van der Waals surface area contributed by atoms with E-state index in [4.69, 9.17) is 17.3 Å². The SMILES string of the molecule is CC(N)c1ccc(S(=O)(=O)Nc2ccc(Cl)cc2I)cc1. The van der Waals surface area contributed by atoms with Crippen molar-refractivity contribution < 1.29 is 8.42 Å². The highest BCUT2D eigenvalue weighted by molar-refractivity contribution is 14.1. The highest BCUT2D eigenvalue weighted by Gasteiger charge is 2.16. The second-order valence-electron chi connectivity index (χ2n) is 4.59. The molecule has 0 saturated heterocycles. The van der Waals surface area contributed by atoms with Gasteiger partial charge in [-0.15, -0.1) is 0 Å². The number of hydrogen-bond donors (Lipinski definition) is 2. The smallest absolute Gasteiger partial charge is 0.261 e. The maximum atomic E-state index is 12.3. The Labute approximate surface area is 142 Å². The van der Waals surface area contributed by atoms with Crippen LogP contribution < -0.4 is 10.5 Å². The van der Waals surface area contributed by atoms with Crippen LogP contribution >= 0.6 is 34.2 Å².